The lowest BCUT2D eigenvalue weighted by atomic mass is 10.1. The molecule has 3 aromatic rings. The van der Waals surface area contributed by atoms with Gasteiger partial charge in [-0.2, -0.15) is 9.61 Å². The van der Waals surface area contributed by atoms with Gasteiger partial charge in [0.2, 0.25) is 0 Å². The van der Waals surface area contributed by atoms with Crippen molar-refractivity contribution in [2.75, 3.05) is 45.2 Å². The Hall–Kier alpha value is -2.44. The van der Waals surface area contributed by atoms with Crippen LogP contribution in [0.2, 0.25) is 0 Å². The molecule has 0 unspecified atom stereocenters. The first-order chi connectivity index (χ1) is 13.2. The van der Waals surface area contributed by atoms with Gasteiger partial charge < -0.3 is 15.0 Å². The summed E-state index contributed by atoms with van der Waals surface area (Å²) in [5, 5.41) is 8.25. The number of hydrogen-bond donors (Lipinski definition) is 1. The van der Waals surface area contributed by atoms with E-state index >= 15 is 0 Å². The van der Waals surface area contributed by atoms with Crippen molar-refractivity contribution in [1.82, 2.24) is 19.5 Å². The van der Waals surface area contributed by atoms with Crippen molar-refractivity contribution in [1.29, 1.82) is 0 Å². The monoisotopic (exact) mass is 365 g/mol. The molecular formula is C21H27N5O. The highest BCUT2D eigenvalue weighted by Gasteiger charge is 2.22. The maximum Gasteiger partial charge on any atom is 0.158 e. The summed E-state index contributed by atoms with van der Waals surface area (Å²) < 4.78 is 7.11. The van der Waals surface area contributed by atoms with E-state index in [4.69, 9.17) is 9.72 Å². The summed E-state index contributed by atoms with van der Waals surface area (Å²) >= 11 is 0. The van der Waals surface area contributed by atoms with Gasteiger partial charge in [0.15, 0.2) is 5.65 Å². The van der Waals surface area contributed by atoms with Crippen LogP contribution in [0.3, 0.4) is 0 Å². The van der Waals surface area contributed by atoms with Crippen LogP contribution in [0.25, 0.3) is 16.9 Å². The van der Waals surface area contributed by atoms with E-state index in [1.165, 1.54) is 6.42 Å². The lowest BCUT2D eigenvalue weighted by Gasteiger charge is -2.16. The van der Waals surface area contributed by atoms with Crippen LogP contribution in [0.5, 0.6) is 0 Å². The standard InChI is InChI=1S/C21H27N5O/c1-16-12-21-23-19(18-6-4-3-5-7-18)13-20(26(21)24-16)22-14-17-8-9-25(15-17)10-11-27-2/h3-7,12-13,17,22H,8-11,14-15H2,1-2H3/t17-/m0/s1. The molecule has 0 amide bonds. The summed E-state index contributed by atoms with van der Waals surface area (Å²) in [6.07, 6.45) is 1.22. The normalized spacial score (nSPS) is 17.6. The predicted octanol–water partition coefficient (Wildman–Crippen LogP) is 3.08. The number of aromatic nitrogens is 3. The molecule has 1 aliphatic heterocycles. The number of nitrogens with zero attached hydrogens (tertiary/aromatic N) is 4. The van der Waals surface area contributed by atoms with Gasteiger partial charge >= 0.3 is 0 Å². The zero-order valence-corrected chi connectivity index (χ0v) is 16.1. The maximum absolute atomic E-state index is 5.20. The quantitative estimate of drug-likeness (QED) is 0.697. The third kappa shape index (κ3) is 4.12. The number of aryl methyl sites for hydroxylation is 1. The summed E-state index contributed by atoms with van der Waals surface area (Å²) in [5.41, 5.74) is 3.94. The Morgan fingerprint density at radius 2 is 2.07 bits per heavy atom. The first kappa shape index (κ1) is 17.9. The zero-order valence-electron chi connectivity index (χ0n) is 16.1. The highest BCUT2D eigenvalue weighted by Crippen LogP contribution is 2.24. The van der Waals surface area contributed by atoms with E-state index in [1.54, 1.807) is 7.11 Å². The van der Waals surface area contributed by atoms with Crippen LogP contribution >= 0.6 is 0 Å². The Kier molecular flexibility index (Phi) is 5.36. The fraction of sp³-hybridized carbons (Fsp3) is 0.429. The molecule has 2 aromatic heterocycles. The fourth-order valence-electron chi connectivity index (χ4n) is 3.72. The highest BCUT2D eigenvalue weighted by molar-refractivity contribution is 5.66. The van der Waals surface area contributed by atoms with Crippen molar-refractivity contribution < 1.29 is 4.74 Å². The number of benzene rings is 1. The highest BCUT2D eigenvalue weighted by atomic mass is 16.5. The molecule has 4 rings (SSSR count). The van der Waals surface area contributed by atoms with Crippen molar-refractivity contribution in [3.8, 4) is 11.3 Å². The Bertz CT molecular complexity index is 892. The van der Waals surface area contributed by atoms with Gasteiger partial charge in [-0.25, -0.2) is 4.98 Å². The molecule has 6 nitrogen and oxygen atoms in total. The fourth-order valence-corrected chi connectivity index (χ4v) is 3.72. The Morgan fingerprint density at radius 3 is 2.89 bits per heavy atom. The number of hydrogen-bond acceptors (Lipinski definition) is 5. The van der Waals surface area contributed by atoms with Gasteiger partial charge in [0.25, 0.3) is 0 Å². The first-order valence-electron chi connectivity index (χ1n) is 9.61. The second-order valence-electron chi connectivity index (χ2n) is 7.28. The Balaban J connectivity index is 1.52. The number of methoxy groups -OCH3 is 1. The average molecular weight is 365 g/mol. The maximum atomic E-state index is 5.20. The van der Waals surface area contributed by atoms with Gasteiger partial charge in [0, 0.05) is 44.4 Å². The van der Waals surface area contributed by atoms with E-state index < -0.39 is 0 Å². The minimum absolute atomic E-state index is 0.641. The lowest BCUT2D eigenvalue weighted by molar-refractivity contribution is 0.159. The SMILES string of the molecule is COCCN1CC[C@@H](CNc2cc(-c3ccccc3)nc3cc(C)nn23)C1. The topological polar surface area (TPSA) is 54.7 Å². The lowest BCUT2D eigenvalue weighted by Crippen LogP contribution is -2.26. The van der Waals surface area contributed by atoms with Crippen LogP contribution in [0, 0.1) is 12.8 Å². The molecule has 0 aliphatic carbocycles. The van der Waals surface area contributed by atoms with Gasteiger partial charge in [-0.05, 0) is 25.8 Å². The van der Waals surface area contributed by atoms with Crippen molar-refractivity contribution in [2.45, 2.75) is 13.3 Å². The van der Waals surface area contributed by atoms with Gasteiger partial charge in [0.05, 0.1) is 18.0 Å². The zero-order chi connectivity index (χ0) is 18.6. The second kappa shape index (κ2) is 8.06. The molecule has 3 heterocycles. The van der Waals surface area contributed by atoms with Crippen molar-refractivity contribution in [2.24, 2.45) is 5.92 Å². The minimum atomic E-state index is 0.641. The molecule has 1 saturated heterocycles. The van der Waals surface area contributed by atoms with Crippen LogP contribution in [0.15, 0.2) is 42.5 Å². The van der Waals surface area contributed by atoms with E-state index in [0.717, 1.165) is 61.2 Å². The van der Waals surface area contributed by atoms with Crippen LogP contribution in [0.4, 0.5) is 5.82 Å². The smallest absolute Gasteiger partial charge is 0.158 e. The summed E-state index contributed by atoms with van der Waals surface area (Å²) in [6, 6.07) is 14.4. The molecule has 0 spiro atoms. The van der Waals surface area contributed by atoms with Gasteiger partial charge in [0.1, 0.15) is 5.82 Å². The third-order valence-electron chi connectivity index (χ3n) is 5.17. The predicted molar refractivity (Wildman–Crippen MR) is 108 cm³/mol. The van der Waals surface area contributed by atoms with E-state index in [1.807, 2.05) is 35.7 Å². The number of anilines is 1. The number of rotatable bonds is 7. The van der Waals surface area contributed by atoms with E-state index in [9.17, 15) is 0 Å². The van der Waals surface area contributed by atoms with Gasteiger partial charge in [-0.15, -0.1) is 0 Å². The molecule has 0 radical (unpaired) electrons. The number of fused-ring (bicyclic) bond motifs is 1. The molecule has 1 aromatic carbocycles. The molecule has 0 bridgehead atoms. The van der Waals surface area contributed by atoms with Gasteiger partial charge in [-0.1, -0.05) is 30.3 Å². The second-order valence-corrected chi connectivity index (χ2v) is 7.28. The van der Waals surface area contributed by atoms with Crippen molar-refractivity contribution >= 4 is 11.5 Å². The molecular weight excluding hydrogens is 338 g/mol. The first-order valence-corrected chi connectivity index (χ1v) is 9.61. The molecule has 142 valence electrons. The average Bonchev–Trinajstić information content (AvgIpc) is 3.30. The van der Waals surface area contributed by atoms with Crippen LogP contribution in [0.1, 0.15) is 12.1 Å². The van der Waals surface area contributed by atoms with Crippen LogP contribution in [-0.2, 0) is 4.74 Å². The molecule has 1 aliphatic rings. The Labute approximate surface area is 160 Å². The van der Waals surface area contributed by atoms with Gasteiger partial charge in [-0.3, -0.25) is 0 Å². The Morgan fingerprint density at radius 1 is 1.22 bits per heavy atom. The molecule has 0 saturated carbocycles. The van der Waals surface area contributed by atoms with Crippen molar-refractivity contribution in [3.05, 3.63) is 48.2 Å². The number of ether oxygens (including phenoxy) is 1. The molecule has 1 N–H and O–H groups in total. The summed E-state index contributed by atoms with van der Waals surface area (Å²) in [7, 11) is 1.76. The molecule has 1 fully saturated rings. The molecule has 6 heteroatoms. The minimum Gasteiger partial charge on any atom is -0.383 e. The molecule has 1 atom stereocenters. The largest absolute Gasteiger partial charge is 0.383 e. The summed E-state index contributed by atoms with van der Waals surface area (Å²) in [5.74, 6) is 1.64. The van der Waals surface area contributed by atoms with E-state index in [-0.39, 0.29) is 0 Å². The van der Waals surface area contributed by atoms with Crippen LogP contribution < -0.4 is 5.32 Å². The van der Waals surface area contributed by atoms with Crippen molar-refractivity contribution in [3.63, 3.8) is 0 Å². The van der Waals surface area contributed by atoms with E-state index in [0.29, 0.717) is 5.92 Å². The van der Waals surface area contributed by atoms with Crippen LogP contribution in [-0.4, -0.2) is 59.4 Å². The number of likely N-dealkylation sites (tertiary alicyclic amines) is 1. The molecule has 27 heavy (non-hydrogen) atoms. The summed E-state index contributed by atoms with van der Waals surface area (Å²) in [4.78, 5) is 7.27. The van der Waals surface area contributed by atoms with E-state index in [2.05, 4.69) is 33.5 Å². The summed E-state index contributed by atoms with van der Waals surface area (Å²) in [6.45, 7) is 7.04. The third-order valence-corrected chi connectivity index (χ3v) is 5.17. The number of nitrogens with one attached hydrogen (secondary N) is 1.